The number of anilines is 1. The maximum Gasteiger partial charge on any atom is 0.123 e. The summed E-state index contributed by atoms with van der Waals surface area (Å²) >= 11 is 3.44. The number of hydrogen-bond donors (Lipinski definition) is 1. The number of nitrogens with one attached hydrogen (secondary N) is 1. The van der Waals surface area contributed by atoms with Crippen LogP contribution in [0.2, 0.25) is 0 Å². The van der Waals surface area contributed by atoms with Crippen molar-refractivity contribution in [3.63, 3.8) is 0 Å². The van der Waals surface area contributed by atoms with Crippen LogP contribution in [-0.2, 0) is 0 Å². The predicted molar refractivity (Wildman–Crippen MR) is 77.2 cm³/mol. The van der Waals surface area contributed by atoms with Crippen molar-refractivity contribution in [2.45, 2.75) is 19.4 Å². The quantitative estimate of drug-likeness (QED) is 0.823. The highest BCUT2D eigenvalue weighted by molar-refractivity contribution is 9.10. The molecule has 18 heavy (non-hydrogen) atoms. The molecule has 1 N–H and O–H groups in total. The Bertz CT molecular complexity index is 527. The van der Waals surface area contributed by atoms with Gasteiger partial charge in [-0.1, -0.05) is 41.1 Å². The van der Waals surface area contributed by atoms with Crippen LogP contribution in [0.25, 0.3) is 0 Å². The van der Waals surface area contributed by atoms with Crippen LogP contribution in [0, 0.1) is 5.82 Å². The van der Waals surface area contributed by atoms with Crippen molar-refractivity contribution in [1.29, 1.82) is 0 Å². The van der Waals surface area contributed by atoms with Gasteiger partial charge in [-0.15, -0.1) is 0 Å². The third-order valence-electron chi connectivity index (χ3n) is 2.82. The van der Waals surface area contributed by atoms with Crippen molar-refractivity contribution < 1.29 is 4.39 Å². The predicted octanol–water partition coefficient (Wildman–Crippen LogP) is 5.15. The van der Waals surface area contributed by atoms with Gasteiger partial charge in [0.15, 0.2) is 0 Å². The van der Waals surface area contributed by atoms with E-state index in [0.717, 1.165) is 22.1 Å². The Morgan fingerprint density at radius 1 is 1.17 bits per heavy atom. The van der Waals surface area contributed by atoms with E-state index in [0.29, 0.717) is 0 Å². The van der Waals surface area contributed by atoms with Gasteiger partial charge in [0.1, 0.15) is 5.82 Å². The van der Waals surface area contributed by atoms with Crippen molar-refractivity contribution in [2.24, 2.45) is 0 Å². The van der Waals surface area contributed by atoms with Crippen LogP contribution in [0.1, 0.15) is 24.9 Å². The molecule has 1 nitrogen and oxygen atoms in total. The van der Waals surface area contributed by atoms with Crippen molar-refractivity contribution in [1.82, 2.24) is 0 Å². The Balaban J connectivity index is 2.19. The van der Waals surface area contributed by atoms with Crippen molar-refractivity contribution >= 4 is 21.6 Å². The van der Waals surface area contributed by atoms with Gasteiger partial charge in [0.05, 0.1) is 6.04 Å². The number of rotatable bonds is 4. The Morgan fingerprint density at radius 2 is 1.94 bits per heavy atom. The van der Waals surface area contributed by atoms with Gasteiger partial charge in [0, 0.05) is 10.2 Å². The molecule has 0 saturated carbocycles. The Kier molecular flexibility index (Phi) is 4.37. The molecule has 0 radical (unpaired) electrons. The van der Waals surface area contributed by atoms with E-state index in [2.05, 4.69) is 28.2 Å². The van der Waals surface area contributed by atoms with Gasteiger partial charge in [-0.2, -0.15) is 0 Å². The van der Waals surface area contributed by atoms with Gasteiger partial charge in [-0.25, -0.2) is 4.39 Å². The van der Waals surface area contributed by atoms with E-state index in [-0.39, 0.29) is 11.9 Å². The fourth-order valence-electron chi connectivity index (χ4n) is 1.92. The minimum Gasteiger partial charge on any atom is -0.378 e. The Labute approximate surface area is 115 Å². The summed E-state index contributed by atoms with van der Waals surface area (Å²) < 4.78 is 14.3. The largest absolute Gasteiger partial charge is 0.378 e. The van der Waals surface area contributed by atoms with Gasteiger partial charge in [0.2, 0.25) is 0 Å². The third-order valence-corrected chi connectivity index (χ3v) is 3.32. The smallest absolute Gasteiger partial charge is 0.123 e. The molecular formula is C15H15BrFN. The summed E-state index contributed by atoms with van der Waals surface area (Å²) in [6, 6.07) is 14.8. The van der Waals surface area contributed by atoms with Gasteiger partial charge in [-0.05, 0) is 42.3 Å². The van der Waals surface area contributed by atoms with E-state index in [4.69, 9.17) is 0 Å². The maximum absolute atomic E-state index is 13.2. The molecule has 0 aliphatic heterocycles. The molecule has 0 aromatic heterocycles. The van der Waals surface area contributed by atoms with Crippen LogP contribution in [0.15, 0.2) is 53.0 Å². The first-order chi connectivity index (χ1) is 8.69. The number of hydrogen-bond acceptors (Lipinski definition) is 1. The first-order valence-corrected chi connectivity index (χ1v) is 6.76. The molecular weight excluding hydrogens is 293 g/mol. The lowest BCUT2D eigenvalue weighted by atomic mass is 10.0. The summed E-state index contributed by atoms with van der Waals surface area (Å²) in [5, 5.41) is 3.42. The SMILES string of the molecule is CCC(Nc1cccc(Br)c1)c1cccc(F)c1. The molecule has 0 spiro atoms. The lowest BCUT2D eigenvalue weighted by Gasteiger charge is -2.19. The monoisotopic (exact) mass is 307 g/mol. The molecule has 0 aliphatic rings. The second kappa shape index (κ2) is 6.01. The summed E-state index contributed by atoms with van der Waals surface area (Å²) in [5.41, 5.74) is 2.00. The van der Waals surface area contributed by atoms with E-state index in [1.165, 1.54) is 6.07 Å². The highest BCUT2D eigenvalue weighted by atomic mass is 79.9. The minimum atomic E-state index is -0.193. The lowest BCUT2D eigenvalue weighted by molar-refractivity contribution is 0.621. The molecule has 3 heteroatoms. The van der Waals surface area contributed by atoms with Gasteiger partial charge < -0.3 is 5.32 Å². The van der Waals surface area contributed by atoms with Crippen molar-refractivity contribution in [2.75, 3.05) is 5.32 Å². The van der Waals surface area contributed by atoms with E-state index >= 15 is 0 Å². The van der Waals surface area contributed by atoms with Gasteiger partial charge in [0.25, 0.3) is 0 Å². The topological polar surface area (TPSA) is 12.0 Å². The maximum atomic E-state index is 13.2. The standard InChI is InChI=1S/C15H15BrFN/c1-2-15(11-5-3-7-13(17)9-11)18-14-8-4-6-12(16)10-14/h3-10,15,18H,2H2,1H3. The molecule has 1 unspecified atom stereocenters. The van der Waals surface area contributed by atoms with Crippen LogP contribution in [-0.4, -0.2) is 0 Å². The zero-order chi connectivity index (χ0) is 13.0. The highest BCUT2D eigenvalue weighted by Gasteiger charge is 2.09. The summed E-state index contributed by atoms with van der Waals surface area (Å²) in [4.78, 5) is 0. The summed E-state index contributed by atoms with van der Waals surface area (Å²) in [5.74, 6) is -0.193. The average molecular weight is 308 g/mol. The number of benzene rings is 2. The fraction of sp³-hybridized carbons (Fsp3) is 0.200. The average Bonchev–Trinajstić information content (AvgIpc) is 2.36. The summed E-state index contributed by atoms with van der Waals surface area (Å²) in [6.45, 7) is 2.08. The molecule has 0 aliphatic carbocycles. The van der Waals surface area contributed by atoms with Crippen LogP contribution in [0.3, 0.4) is 0 Å². The third kappa shape index (κ3) is 3.33. The van der Waals surface area contributed by atoms with E-state index in [9.17, 15) is 4.39 Å². The molecule has 0 heterocycles. The summed E-state index contributed by atoms with van der Waals surface area (Å²) in [7, 11) is 0. The van der Waals surface area contributed by atoms with Gasteiger partial charge >= 0.3 is 0 Å². The van der Waals surface area contributed by atoms with E-state index in [1.54, 1.807) is 12.1 Å². The molecule has 2 rings (SSSR count). The van der Waals surface area contributed by atoms with Crippen LogP contribution < -0.4 is 5.32 Å². The Hall–Kier alpha value is -1.35. The van der Waals surface area contributed by atoms with Crippen molar-refractivity contribution in [3.8, 4) is 0 Å². The zero-order valence-corrected chi connectivity index (χ0v) is 11.7. The first-order valence-electron chi connectivity index (χ1n) is 5.96. The molecule has 0 saturated heterocycles. The minimum absolute atomic E-state index is 0.120. The molecule has 2 aromatic rings. The van der Waals surface area contributed by atoms with E-state index < -0.39 is 0 Å². The molecule has 2 aromatic carbocycles. The summed E-state index contributed by atoms with van der Waals surface area (Å²) in [6.07, 6.45) is 0.899. The normalized spacial score (nSPS) is 12.2. The molecule has 1 atom stereocenters. The van der Waals surface area contributed by atoms with Crippen LogP contribution >= 0.6 is 15.9 Å². The van der Waals surface area contributed by atoms with Crippen molar-refractivity contribution in [3.05, 3.63) is 64.4 Å². The molecule has 0 amide bonds. The first kappa shape index (κ1) is 13.1. The lowest BCUT2D eigenvalue weighted by Crippen LogP contribution is -2.09. The van der Waals surface area contributed by atoms with Gasteiger partial charge in [-0.3, -0.25) is 0 Å². The molecule has 0 fully saturated rings. The highest BCUT2D eigenvalue weighted by Crippen LogP contribution is 2.24. The van der Waals surface area contributed by atoms with E-state index in [1.807, 2.05) is 30.3 Å². The second-order valence-corrected chi connectivity index (χ2v) is 5.09. The van der Waals surface area contributed by atoms with Crippen LogP contribution in [0.5, 0.6) is 0 Å². The molecule has 0 bridgehead atoms. The number of halogens is 2. The fourth-order valence-corrected chi connectivity index (χ4v) is 2.32. The second-order valence-electron chi connectivity index (χ2n) is 4.17. The molecule has 94 valence electrons. The zero-order valence-electron chi connectivity index (χ0n) is 10.2. The van der Waals surface area contributed by atoms with Crippen LogP contribution in [0.4, 0.5) is 10.1 Å². The Morgan fingerprint density at radius 3 is 2.61 bits per heavy atom.